The lowest BCUT2D eigenvalue weighted by molar-refractivity contribution is 0.819. The molecule has 0 N–H and O–H groups in total. The second-order valence-corrected chi connectivity index (χ2v) is 8.84. The van der Waals surface area contributed by atoms with E-state index in [0.29, 0.717) is 26.8 Å². The summed E-state index contributed by atoms with van der Waals surface area (Å²) >= 11 is 7.74. The zero-order chi connectivity index (χ0) is 21.4. The maximum absolute atomic E-state index is 13.4. The van der Waals surface area contributed by atoms with Crippen LogP contribution in [0.2, 0.25) is 5.02 Å². The van der Waals surface area contributed by atoms with Crippen LogP contribution in [0.5, 0.6) is 0 Å². The van der Waals surface area contributed by atoms with Crippen molar-refractivity contribution in [1.29, 1.82) is 0 Å². The van der Waals surface area contributed by atoms with E-state index in [4.69, 9.17) is 16.6 Å². The second-order valence-electron chi connectivity index (χ2n) is 7.46. The minimum Gasteiger partial charge on any atom is -0.268 e. The fraction of sp³-hybridized carbons (Fsp3) is 0.0769. The molecule has 0 unspecified atom stereocenters. The SMILES string of the molecule is Cc1ccc(-n2c(SCc3cccc4ccccc34)nc3cc(Cl)ccc3c2=O)cc1. The van der Waals surface area contributed by atoms with Gasteiger partial charge in [0, 0.05) is 10.8 Å². The van der Waals surface area contributed by atoms with Crippen LogP contribution in [0.25, 0.3) is 27.4 Å². The third-order valence-electron chi connectivity index (χ3n) is 5.33. The third-order valence-corrected chi connectivity index (χ3v) is 6.55. The van der Waals surface area contributed by atoms with Crippen molar-refractivity contribution in [2.45, 2.75) is 17.8 Å². The van der Waals surface area contributed by atoms with Crippen LogP contribution in [0.15, 0.2) is 94.9 Å². The molecule has 0 amide bonds. The van der Waals surface area contributed by atoms with Crippen molar-refractivity contribution in [3.8, 4) is 5.69 Å². The smallest absolute Gasteiger partial charge is 0.266 e. The summed E-state index contributed by atoms with van der Waals surface area (Å²) in [6, 6.07) is 27.8. The minimum absolute atomic E-state index is 0.0917. The Bertz CT molecular complexity index is 1470. The number of fused-ring (bicyclic) bond motifs is 2. The molecule has 31 heavy (non-hydrogen) atoms. The number of halogens is 1. The number of aryl methyl sites for hydroxylation is 1. The van der Waals surface area contributed by atoms with Gasteiger partial charge in [-0.3, -0.25) is 9.36 Å². The summed E-state index contributed by atoms with van der Waals surface area (Å²) in [6.45, 7) is 2.03. The van der Waals surface area contributed by atoms with E-state index < -0.39 is 0 Å². The van der Waals surface area contributed by atoms with E-state index in [9.17, 15) is 4.79 Å². The van der Waals surface area contributed by atoms with Gasteiger partial charge in [-0.1, -0.05) is 83.5 Å². The summed E-state index contributed by atoms with van der Waals surface area (Å²) in [5, 5.41) is 4.19. The first-order chi connectivity index (χ1) is 15.1. The lowest BCUT2D eigenvalue weighted by Gasteiger charge is -2.14. The predicted molar refractivity (Wildman–Crippen MR) is 131 cm³/mol. The predicted octanol–water partition coefficient (Wildman–Crippen LogP) is 6.79. The first-order valence-electron chi connectivity index (χ1n) is 9.99. The average molecular weight is 443 g/mol. The van der Waals surface area contributed by atoms with Crippen LogP contribution in [0, 0.1) is 6.92 Å². The van der Waals surface area contributed by atoms with Crippen LogP contribution in [0.4, 0.5) is 0 Å². The van der Waals surface area contributed by atoms with Gasteiger partial charge in [0.15, 0.2) is 5.16 Å². The molecule has 0 saturated heterocycles. The number of rotatable bonds is 4. The van der Waals surface area contributed by atoms with Crippen molar-refractivity contribution >= 4 is 45.0 Å². The zero-order valence-electron chi connectivity index (χ0n) is 16.9. The third kappa shape index (κ3) is 3.85. The van der Waals surface area contributed by atoms with Crippen molar-refractivity contribution < 1.29 is 0 Å². The number of benzene rings is 4. The Balaban J connectivity index is 1.64. The van der Waals surface area contributed by atoms with Crippen molar-refractivity contribution in [2.24, 2.45) is 0 Å². The van der Waals surface area contributed by atoms with Gasteiger partial charge in [-0.25, -0.2) is 4.98 Å². The lowest BCUT2D eigenvalue weighted by Crippen LogP contribution is -2.21. The molecule has 0 radical (unpaired) electrons. The number of hydrogen-bond donors (Lipinski definition) is 0. The quantitative estimate of drug-likeness (QED) is 0.227. The number of thioether (sulfide) groups is 1. The lowest BCUT2D eigenvalue weighted by atomic mass is 10.1. The van der Waals surface area contributed by atoms with Crippen LogP contribution in [0.1, 0.15) is 11.1 Å². The van der Waals surface area contributed by atoms with Crippen LogP contribution in [-0.4, -0.2) is 9.55 Å². The Morgan fingerprint density at radius 3 is 2.52 bits per heavy atom. The molecule has 0 spiro atoms. The molecule has 4 aromatic carbocycles. The molecule has 152 valence electrons. The minimum atomic E-state index is -0.0917. The fourth-order valence-corrected chi connectivity index (χ4v) is 4.90. The molecule has 1 aromatic heterocycles. The molecule has 1 heterocycles. The van der Waals surface area contributed by atoms with Gasteiger partial charge in [0.1, 0.15) is 0 Å². The molecular formula is C26H19ClN2OS. The van der Waals surface area contributed by atoms with E-state index >= 15 is 0 Å². The van der Waals surface area contributed by atoms with Gasteiger partial charge in [0.05, 0.1) is 16.6 Å². The molecule has 0 aliphatic carbocycles. The van der Waals surface area contributed by atoms with Gasteiger partial charge in [-0.2, -0.15) is 0 Å². The highest BCUT2D eigenvalue weighted by Crippen LogP contribution is 2.29. The Labute approximate surface area is 189 Å². The van der Waals surface area contributed by atoms with E-state index in [1.54, 1.807) is 34.5 Å². The van der Waals surface area contributed by atoms with Crippen LogP contribution < -0.4 is 5.56 Å². The highest BCUT2D eigenvalue weighted by molar-refractivity contribution is 7.98. The summed E-state index contributed by atoms with van der Waals surface area (Å²) < 4.78 is 1.70. The van der Waals surface area contributed by atoms with Gasteiger partial charge < -0.3 is 0 Å². The van der Waals surface area contributed by atoms with Gasteiger partial charge in [-0.05, 0) is 53.6 Å². The molecule has 5 rings (SSSR count). The number of aromatic nitrogens is 2. The number of nitrogens with zero attached hydrogens (tertiary/aromatic N) is 2. The fourth-order valence-electron chi connectivity index (χ4n) is 3.72. The topological polar surface area (TPSA) is 34.9 Å². The van der Waals surface area contributed by atoms with Crippen molar-refractivity contribution in [2.75, 3.05) is 0 Å². The molecule has 0 saturated carbocycles. The van der Waals surface area contributed by atoms with Crippen LogP contribution >= 0.6 is 23.4 Å². The monoisotopic (exact) mass is 442 g/mol. The molecular weight excluding hydrogens is 424 g/mol. The highest BCUT2D eigenvalue weighted by Gasteiger charge is 2.14. The average Bonchev–Trinajstić information content (AvgIpc) is 2.78. The van der Waals surface area contributed by atoms with E-state index in [0.717, 1.165) is 11.3 Å². The summed E-state index contributed by atoms with van der Waals surface area (Å²) in [5.41, 5.74) is 3.67. The largest absolute Gasteiger partial charge is 0.268 e. The van der Waals surface area contributed by atoms with E-state index in [2.05, 4.69) is 36.4 Å². The van der Waals surface area contributed by atoms with Crippen molar-refractivity contribution in [3.05, 3.63) is 111 Å². The molecule has 5 heteroatoms. The summed E-state index contributed by atoms with van der Waals surface area (Å²) in [5.74, 6) is 0.700. The first kappa shape index (κ1) is 19.9. The maximum atomic E-state index is 13.4. The molecule has 0 atom stereocenters. The molecule has 0 aliphatic heterocycles. The molecule has 5 aromatic rings. The van der Waals surface area contributed by atoms with Crippen molar-refractivity contribution in [1.82, 2.24) is 9.55 Å². The Morgan fingerprint density at radius 2 is 1.68 bits per heavy atom. The standard InChI is InChI=1S/C26H19ClN2OS/c1-17-9-12-21(13-10-17)29-25(30)23-14-11-20(27)15-24(23)28-26(29)31-16-19-7-4-6-18-5-2-3-8-22(18)19/h2-15H,16H2,1H3. The van der Waals surface area contributed by atoms with Gasteiger partial charge in [-0.15, -0.1) is 0 Å². The maximum Gasteiger partial charge on any atom is 0.266 e. The van der Waals surface area contributed by atoms with Gasteiger partial charge in [0.2, 0.25) is 0 Å². The van der Waals surface area contributed by atoms with Crippen LogP contribution in [-0.2, 0) is 5.75 Å². The van der Waals surface area contributed by atoms with Crippen LogP contribution in [0.3, 0.4) is 0 Å². The van der Waals surface area contributed by atoms with E-state index in [1.165, 1.54) is 16.3 Å². The molecule has 0 bridgehead atoms. The summed E-state index contributed by atoms with van der Waals surface area (Å²) in [4.78, 5) is 18.3. The van der Waals surface area contributed by atoms with E-state index in [-0.39, 0.29) is 5.56 Å². The highest BCUT2D eigenvalue weighted by atomic mass is 35.5. The molecule has 0 fully saturated rings. The Morgan fingerprint density at radius 1 is 0.903 bits per heavy atom. The van der Waals surface area contributed by atoms with E-state index in [1.807, 2.05) is 37.3 Å². The molecule has 3 nitrogen and oxygen atoms in total. The van der Waals surface area contributed by atoms with Gasteiger partial charge >= 0.3 is 0 Å². The Hall–Kier alpha value is -3.08. The summed E-state index contributed by atoms with van der Waals surface area (Å²) in [7, 11) is 0. The van der Waals surface area contributed by atoms with Crippen molar-refractivity contribution in [3.63, 3.8) is 0 Å². The second kappa shape index (κ2) is 8.22. The molecule has 0 aliphatic rings. The number of hydrogen-bond acceptors (Lipinski definition) is 3. The Kier molecular flexibility index (Phi) is 5.26. The normalized spacial score (nSPS) is 11.3. The summed E-state index contributed by atoms with van der Waals surface area (Å²) in [6.07, 6.45) is 0. The zero-order valence-corrected chi connectivity index (χ0v) is 18.5. The van der Waals surface area contributed by atoms with Gasteiger partial charge in [0.25, 0.3) is 5.56 Å². The first-order valence-corrected chi connectivity index (χ1v) is 11.4.